The average molecular weight is 333 g/mol. The van der Waals surface area contributed by atoms with E-state index in [1.165, 1.54) is 0 Å². The van der Waals surface area contributed by atoms with Crippen LogP contribution in [0, 0.1) is 5.41 Å². The highest BCUT2D eigenvalue weighted by Crippen LogP contribution is 2.30. The summed E-state index contributed by atoms with van der Waals surface area (Å²) in [6.07, 6.45) is 0. The summed E-state index contributed by atoms with van der Waals surface area (Å²) in [7, 11) is 3.88. The molecular formula is C19H31N3O2. The number of hydrogen-bond acceptors (Lipinski definition) is 3. The highest BCUT2D eigenvalue weighted by molar-refractivity contribution is 6.10. The lowest BCUT2D eigenvalue weighted by Crippen LogP contribution is -2.46. The first-order chi connectivity index (χ1) is 11.0. The topological polar surface area (TPSA) is 61.4 Å². The summed E-state index contributed by atoms with van der Waals surface area (Å²) in [5.74, 6) is -0.573. The van der Waals surface area contributed by atoms with Gasteiger partial charge in [-0.05, 0) is 45.0 Å². The van der Waals surface area contributed by atoms with E-state index in [2.05, 4.69) is 31.4 Å². The molecule has 1 rings (SSSR count). The van der Waals surface area contributed by atoms with E-state index in [0.717, 1.165) is 17.8 Å². The number of benzene rings is 1. The maximum absolute atomic E-state index is 12.7. The molecule has 0 aliphatic carbocycles. The molecule has 0 bridgehead atoms. The first-order valence-electron chi connectivity index (χ1n) is 8.30. The van der Waals surface area contributed by atoms with Crippen LogP contribution in [0.25, 0.3) is 0 Å². The number of likely N-dealkylation sites (N-methyl/N-ethyl adjacent to an activating group) is 1. The Morgan fingerprint density at radius 3 is 2.12 bits per heavy atom. The number of nitrogens with one attached hydrogen (secondary N) is 2. The number of anilines is 1. The van der Waals surface area contributed by atoms with Crippen LogP contribution in [-0.2, 0) is 15.0 Å². The summed E-state index contributed by atoms with van der Waals surface area (Å²) in [6.45, 7) is 10.8. The maximum atomic E-state index is 12.7. The van der Waals surface area contributed by atoms with Crippen LogP contribution in [0.4, 0.5) is 5.69 Å². The van der Waals surface area contributed by atoms with Crippen LogP contribution in [0.15, 0.2) is 24.3 Å². The lowest BCUT2D eigenvalue weighted by Gasteiger charge is -2.27. The first kappa shape index (κ1) is 20.2. The molecule has 0 aliphatic heterocycles. The summed E-state index contributed by atoms with van der Waals surface area (Å²) in [5.41, 5.74) is 0.561. The normalized spacial score (nSPS) is 12.2. The van der Waals surface area contributed by atoms with Crippen molar-refractivity contribution >= 4 is 17.5 Å². The lowest BCUT2D eigenvalue weighted by atomic mass is 9.85. The Labute approximate surface area is 145 Å². The molecular weight excluding hydrogens is 302 g/mol. The first-order valence-corrected chi connectivity index (χ1v) is 8.30. The molecule has 0 fully saturated rings. The van der Waals surface area contributed by atoms with Gasteiger partial charge in [0, 0.05) is 18.8 Å². The van der Waals surface area contributed by atoms with Gasteiger partial charge in [-0.1, -0.05) is 39.0 Å². The van der Waals surface area contributed by atoms with Gasteiger partial charge in [0.15, 0.2) is 0 Å². The molecule has 0 saturated carbocycles. The molecule has 1 aromatic carbocycles. The van der Waals surface area contributed by atoms with E-state index in [1.807, 2.05) is 43.3 Å². The molecule has 5 nitrogen and oxygen atoms in total. The Kier molecular flexibility index (Phi) is 6.55. The van der Waals surface area contributed by atoms with Crippen LogP contribution in [0.1, 0.15) is 40.2 Å². The summed E-state index contributed by atoms with van der Waals surface area (Å²) >= 11 is 0. The second kappa shape index (κ2) is 7.79. The minimum absolute atomic E-state index is 0.0953. The predicted molar refractivity (Wildman–Crippen MR) is 99.1 cm³/mol. The summed E-state index contributed by atoms with van der Waals surface area (Å²) in [4.78, 5) is 27.0. The minimum atomic E-state index is -1.14. The molecule has 0 heterocycles. The third-order valence-corrected chi connectivity index (χ3v) is 3.96. The highest BCUT2D eigenvalue weighted by atomic mass is 16.2. The van der Waals surface area contributed by atoms with Crippen LogP contribution in [-0.4, -0.2) is 43.9 Å². The highest BCUT2D eigenvalue weighted by Gasteiger charge is 2.36. The number of carbonyl (C=O) groups excluding carboxylic acids is 2. The van der Waals surface area contributed by atoms with Gasteiger partial charge in [-0.25, -0.2) is 0 Å². The van der Waals surface area contributed by atoms with Crippen molar-refractivity contribution in [3.05, 3.63) is 29.8 Å². The summed E-state index contributed by atoms with van der Waals surface area (Å²) in [6, 6.07) is 7.71. The molecule has 0 saturated heterocycles. The monoisotopic (exact) mass is 333 g/mol. The van der Waals surface area contributed by atoms with Gasteiger partial charge in [0.1, 0.15) is 5.41 Å². The molecule has 0 atom stereocenters. The number of carbonyl (C=O) groups is 2. The third-order valence-electron chi connectivity index (χ3n) is 3.96. The van der Waals surface area contributed by atoms with Crippen molar-refractivity contribution in [3.8, 4) is 0 Å². The van der Waals surface area contributed by atoms with Gasteiger partial charge in [-0.3, -0.25) is 9.59 Å². The van der Waals surface area contributed by atoms with Crippen molar-refractivity contribution in [3.63, 3.8) is 0 Å². The van der Waals surface area contributed by atoms with Crippen LogP contribution in [0.3, 0.4) is 0 Å². The largest absolute Gasteiger partial charge is 0.354 e. The zero-order valence-corrected chi connectivity index (χ0v) is 16.0. The Morgan fingerprint density at radius 1 is 1.00 bits per heavy atom. The van der Waals surface area contributed by atoms with Gasteiger partial charge in [-0.15, -0.1) is 0 Å². The van der Waals surface area contributed by atoms with Gasteiger partial charge in [0.25, 0.3) is 0 Å². The van der Waals surface area contributed by atoms with E-state index in [9.17, 15) is 9.59 Å². The minimum Gasteiger partial charge on any atom is -0.354 e. The van der Waals surface area contributed by atoms with Crippen molar-refractivity contribution in [2.75, 3.05) is 32.5 Å². The number of nitrogens with zero attached hydrogens (tertiary/aromatic N) is 1. The van der Waals surface area contributed by atoms with E-state index >= 15 is 0 Å². The van der Waals surface area contributed by atoms with E-state index < -0.39 is 5.41 Å². The molecule has 0 spiro atoms. The summed E-state index contributed by atoms with van der Waals surface area (Å²) < 4.78 is 0. The molecule has 2 N–H and O–H groups in total. The van der Waals surface area contributed by atoms with Gasteiger partial charge < -0.3 is 15.5 Å². The quantitative estimate of drug-likeness (QED) is 0.787. The van der Waals surface area contributed by atoms with Gasteiger partial charge in [0.2, 0.25) is 11.8 Å². The van der Waals surface area contributed by atoms with Crippen LogP contribution in [0.2, 0.25) is 0 Å². The molecule has 24 heavy (non-hydrogen) atoms. The van der Waals surface area contributed by atoms with Crippen molar-refractivity contribution in [2.24, 2.45) is 5.41 Å². The zero-order valence-electron chi connectivity index (χ0n) is 16.0. The van der Waals surface area contributed by atoms with Crippen molar-refractivity contribution in [1.82, 2.24) is 10.2 Å². The van der Waals surface area contributed by atoms with E-state index in [0.29, 0.717) is 6.54 Å². The third kappa shape index (κ3) is 5.34. The summed E-state index contributed by atoms with van der Waals surface area (Å²) in [5, 5.41) is 5.75. The van der Waals surface area contributed by atoms with E-state index in [1.54, 1.807) is 13.8 Å². The van der Waals surface area contributed by atoms with Crippen LogP contribution >= 0.6 is 0 Å². The van der Waals surface area contributed by atoms with Gasteiger partial charge >= 0.3 is 0 Å². The Bertz CT molecular complexity index is 587. The average Bonchev–Trinajstić information content (AvgIpc) is 2.46. The van der Waals surface area contributed by atoms with Crippen molar-refractivity contribution < 1.29 is 9.59 Å². The SMILES string of the molecule is CN(C)CCNC(=O)C(C)(C)C(=O)Nc1ccccc1C(C)(C)C. The predicted octanol–water partition coefficient (Wildman–Crippen LogP) is 2.63. The number of amides is 2. The molecule has 1 aromatic rings. The fourth-order valence-corrected chi connectivity index (χ4v) is 2.24. The number of rotatable bonds is 6. The molecule has 134 valence electrons. The number of para-hydroxylation sites is 1. The molecule has 0 unspecified atom stereocenters. The molecule has 0 aromatic heterocycles. The van der Waals surface area contributed by atoms with Gasteiger partial charge in [-0.2, -0.15) is 0 Å². The molecule has 2 amide bonds. The fraction of sp³-hybridized carbons (Fsp3) is 0.579. The Hall–Kier alpha value is -1.88. The van der Waals surface area contributed by atoms with Gasteiger partial charge in [0.05, 0.1) is 0 Å². The van der Waals surface area contributed by atoms with Crippen molar-refractivity contribution in [1.29, 1.82) is 0 Å². The second-order valence-electron chi connectivity index (χ2n) is 7.93. The van der Waals surface area contributed by atoms with Crippen LogP contribution in [0.5, 0.6) is 0 Å². The zero-order chi connectivity index (χ0) is 18.5. The lowest BCUT2D eigenvalue weighted by molar-refractivity contribution is -0.138. The van der Waals surface area contributed by atoms with Crippen LogP contribution < -0.4 is 10.6 Å². The van der Waals surface area contributed by atoms with E-state index in [4.69, 9.17) is 0 Å². The molecule has 0 radical (unpaired) electrons. The van der Waals surface area contributed by atoms with Crippen molar-refractivity contribution in [2.45, 2.75) is 40.0 Å². The fourth-order valence-electron chi connectivity index (χ4n) is 2.24. The molecule has 5 heteroatoms. The Morgan fingerprint density at radius 2 is 1.58 bits per heavy atom. The smallest absolute Gasteiger partial charge is 0.239 e. The second-order valence-corrected chi connectivity index (χ2v) is 7.93. The van der Waals surface area contributed by atoms with E-state index in [-0.39, 0.29) is 17.2 Å². The maximum Gasteiger partial charge on any atom is 0.239 e. The number of hydrogen-bond donors (Lipinski definition) is 2. The Balaban J connectivity index is 2.85. The standard InChI is InChI=1S/C19H31N3O2/c1-18(2,3)14-10-8-9-11-15(14)21-17(24)19(4,5)16(23)20-12-13-22(6)7/h8-11H,12-13H2,1-7H3,(H,20,23)(H,21,24). The molecule has 0 aliphatic rings.